The summed E-state index contributed by atoms with van der Waals surface area (Å²) in [5.41, 5.74) is 3.61. The molecule has 2 aliphatic rings. The molecule has 3 heterocycles. The van der Waals surface area contributed by atoms with E-state index in [2.05, 4.69) is 10.1 Å². The largest absolute Gasteiger partial charge is 0.454 e. The summed E-state index contributed by atoms with van der Waals surface area (Å²) in [7, 11) is 1.79. The summed E-state index contributed by atoms with van der Waals surface area (Å²) in [4.78, 5) is 19.5. The Morgan fingerprint density at radius 3 is 2.85 bits per heavy atom. The zero-order valence-corrected chi connectivity index (χ0v) is 15.2. The number of benzene rings is 1. The highest BCUT2D eigenvalue weighted by Crippen LogP contribution is 2.40. The van der Waals surface area contributed by atoms with Gasteiger partial charge in [0.1, 0.15) is 0 Å². The Kier molecular flexibility index (Phi) is 3.56. The highest BCUT2D eigenvalue weighted by Gasteiger charge is 2.29. The number of ether oxygens (including phenoxy) is 2. The number of amides is 1. The number of hydrogen-bond acceptors (Lipinski definition) is 6. The monoisotopic (exact) mass is 365 g/mol. The zero-order chi connectivity index (χ0) is 18.5. The molecule has 0 spiro atoms. The molecule has 1 amide bonds. The zero-order valence-electron chi connectivity index (χ0n) is 15.2. The van der Waals surface area contributed by atoms with Crippen LogP contribution in [-0.2, 0) is 6.54 Å². The fraction of sp³-hybridized carbons (Fsp3) is 0.350. The van der Waals surface area contributed by atoms with Crippen LogP contribution in [-0.4, -0.2) is 34.8 Å². The predicted molar refractivity (Wildman–Crippen MR) is 96.9 cm³/mol. The number of pyridine rings is 1. The fourth-order valence-electron chi connectivity index (χ4n) is 3.46. The molecule has 27 heavy (non-hydrogen) atoms. The number of fused-ring (bicyclic) bond motifs is 2. The standard InChI is InChI=1S/C20H19N3O4/c1-11-18-14(8-15(13-4-5-13)21-19(18)27-22-11)20(24)23(2)9-12-3-6-16-17(7-12)26-10-25-16/h3,6-8,13H,4-5,9-10H2,1-2H3. The summed E-state index contributed by atoms with van der Waals surface area (Å²) in [5.74, 6) is 1.79. The van der Waals surface area contributed by atoms with Crippen LogP contribution in [0.5, 0.6) is 11.5 Å². The Hall–Kier alpha value is -3.09. The Balaban J connectivity index is 1.47. The lowest BCUT2D eigenvalue weighted by atomic mass is 10.1. The highest BCUT2D eigenvalue weighted by atomic mass is 16.7. The second-order valence-corrected chi connectivity index (χ2v) is 7.17. The Bertz CT molecular complexity index is 1050. The van der Waals surface area contributed by atoms with Gasteiger partial charge < -0.3 is 18.9 Å². The van der Waals surface area contributed by atoms with E-state index in [4.69, 9.17) is 14.0 Å². The lowest BCUT2D eigenvalue weighted by Crippen LogP contribution is -2.26. The molecule has 0 N–H and O–H groups in total. The molecular weight excluding hydrogens is 346 g/mol. The van der Waals surface area contributed by atoms with Gasteiger partial charge in [-0.25, -0.2) is 4.98 Å². The fourth-order valence-corrected chi connectivity index (χ4v) is 3.46. The van der Waals surface area contributed by atoms with Crippen LogP contribution in [0.1, 0.15) is 46.1 Å². The Labute approximate surface area is 155 Å². The van der Waals surface area contributed by atoms with Gasteiger partial charge in [0.2, 0.25) is 6.79 Å². The lowest BCUT2D eigenvalue weighted by Gasteiger charge is -2.18. The Morgan fingerprint density at radius 2 is 2.04 bits per heavy atom. The van der Waals surface area contributed by atoms with E-state index in [1.54, 1.807) is 11.9 Å². The van der Waals surface area contributed by atoms with Gasteiger partial charge in [-0.1, -0.05) is 11.2 Å². The van der Waals surface area contributed by atoms with Crippen LogP contribution < -0.4 is 9.47 Å². The number of carbonyl (C=O) groups is 1. The third-order valence-corrected chi connectivity index (χ3v) is 5.07. The molecule has 1 saturated carbocycles. The van der Waals surface area contributed by atoms with Gasteiger partial charge in [-0.15, -0.1) is 0 Å². The first kappa shape index (κ1) is 16.1. The van der Waals surface area contributed by atoms with Gasteiger partial charge in [0.25, 0.3) is 11.6 Å². The summed E-state index contributed by atoms with van der Waals surface area (Å²) in [6.07, 6.45) is 2.21. The first-order valence-corrected chi connectivity index (χ1v) is 9.01. The lowest BCUT2D eigenvalue weighted by molar-refractivity contribution is 0.0786. The van der Waals surface area contributed by atoms with Crippen LogP contribution in [0.25, 0.3) is 11.1 Å². The number of aryl methyl sites for hydroxylation is 1. The van der Waals surface area contributed by atoms with Crippen LogP contribution >= 0.6 is 0 Å². The van der Waals surface area contributed by atoms with E-state index in [9.17, 15) is 4.79 Å². The van der Waals surface area contributed by atoms with Gasteiger partial charge in [-0.2, -0.15) is 0 Å². The first-order valence-electron chi connectivity index (χ1n) is 9.01. The van der Waals surface area contributed by atoms with E-state index >= 15 is 0 Å². The van der Waals surface area contributed by atoms with Crippen molar-refractivity contribution in [2.45, 2.75) is 32.2 Å². The van der Waals surface area contributed by atoms with Crippen molar-refractivity contribution in [3.05, 3.63) is 46.8 Å². The molecule has 138 valence electrons. The van der Waals surface area contributed by atoms with Crippen molar-refractivity contribution in [3.63, 3.8) is 0 Å². The van der Waals surface area contributed by atoms with Gasteiger partial charge in [-0.05, 0) is 43.5 Å². The predicted octanol–water partition coefficient (Wildman–Crippen LogP) is 3.41. The van der Waals surface area contributed by atoms with Crippen LogP contribution in [0.15, 0.2) is 28.8 Å². The molecule has 2 aromatic heterocycles. The van der Waals surface area contributed by atoms with Crippen LogP contribution in [0.4, 0.5) is 0 Å². The van der Waals surface area contributed by atoms with Crippen LogP contribution in [0.2, 0.25) is 0 Å². The Morgan fingerprint density at radius 1 is 1.22 bits per heavy atom. The summed E-state index contributed by atoms with van der Waals surface area (Å²) in [6.45, 7) is 2.53. The van der Waals surface area contributed by atoms with Gasteiger partial charge in [0.05, 0.1) is 16.6 Å². The van der Waals surface area contributed by atoms with Gasteiger partial charge in [0, 0.05) is 25.2 Å². The maximum atomic E-state index is 13.2. The van der Waals surface area contributed by atoms with Gasteiger partial charge in [-0.3, -0.25) is 4.79 Å². The molecule has 5 rings (SSSR count). The normalized spacial score (nSPS) is 15.3. The molecule has 7 nitrogen and oxygen atoms in total. The second kappa shape index (κ2) is 5.97. The molecule has 1 aliphatic heterocycles. The topological polar surface area (TPSA) is 77.7 Å². The minimum absolute atomic E-state index is 0.0757. The average molecular weight is 365 g/mol. The number of aromatic nitrogens is 2. The van der Waals surface area contributed by atoms with Gasteiger partial charge >= 0.3 is 0 Å². The van der Waals surface area contributed by atoms with E-state index in [0.29, 0.717) is 40.6 Å². The van der Waals surface area contributed by atoms with E-state index < -0.39 is 0 Å². The maximum absolute atomic E-state index is 13.2. The highest BCUT2D eigenvalue weighted by molar-refractivity contribution is 6.06. The van der Waals surface area contributed by atoms with E-state index in [1.807, 2.05) is 31.2 Å². The third kappa shape index (κ3) is 2.79. The molecule has 0 radical (unpaired) electrons. The quantitative estimate of drug-likeness (QED) is 0.705. The van der Waals surface area contributed by atoms with Crippen molar-refractivity contribution in [1.82, 2.24) is 15.0 Å². The SMILES string of the molecule is Cc1noc2nc(C3CC3)cc(C(=O)N(C)Cc3ccc4c(c3)OCO4)c12. The molecule has 0 saturated heterocycles. The smallest absolute Gasteiger partial charge is 0.259 e. The first-order chi connectivity index (χ1) is 13.1. The molecule has 0 unspecified atom stereocenters. The molecule has 1 fully saturated rings. The number of hydrogen-bond donors (Lipinski definition) is 0. The molecule has 3 aromatic rings. The maximum Gasteiger partial charge on any atom is 0.259 e. The minimum Gasteiger partial charge on any atom is -0.454 e. The number of carbonyl (C=O) groups excluding carboxylic acids is 1. The van der Waals surface area contributed by atoms with Crippen molar-refractivity contribution in [3.8, 4) is 11.5 Å². The van der Waals surface area contributed by atoms with Crippen molar-refractivity contribution in [1.29, 1.82) is 0 Å². The summed E-state index contributed by atoms with van der Waals surface area (Å²) in [6, 6.07) is 7.63. The van der Waals surface area contributed by atoms with Crippen LogP contribution in [0.3, 0.4) is 0 Å². The van der Waals surface area contributed by atoms with E-state index in [-0.39, 0.29) is 12.7 Å². The molecular formula is C20H19N3O4. The van der Waals surface area contributed by atoms with Gasteiger partial charge in [0.15, 0.2) is 11.5 Å². The van der Waals surface area contributed by atoms with Crippen molar-refractivity contribution in [2.24, 2.45) is 0 Å². The average Bonchev–Trinajstić information content (AvgIpc) is 3.31. The second-order valence-electron chi connectivity index (χ2n) is 7.17. The number of rotatable bonds is 4. The molecule has 1 aliphatic carbocycles. The van der Waals surface area contributed by atoms with Crippen molar-refractivity contribution in [2.75, 3.05) is 13.8 Å². The molecule has 7 heteroatoms. The molecule has 1 aromatic carbocycles. The van der Waals surface area contributed by atoms with E-state index in [1.165, 1.54) is 0 Å². The van der Waals surface area contributed by atoms with Crippen molar-refractivity contribution < 1.29 is 18.8 Å². The molecule has 0 bridgehead atoms. The molecule has 0 atom stereocenters. The van der Waals surface area contributed by atoms with Crippen molar-refractivity contribution >= 4 is 17.0 Å². The third-order valence-electron chi connectivity index (χ3n) is 5.07. The number of nitrogens with zero attached hydrogens (tertiary/aromatic N) is 3. The summed E-state index contributed by atoms with van der Waals surface area (Å²) < 4.78 is 16.1. The van der Waals surface area contributed by atoms with Crippen LogP contribution in [0, 0.1) is 6.92 Å². The summed E-state index contributed by atoms with van der Waals surface area (Å²) in [5, 5.41) is 4.70. The van der Waals surface area contributed by atoms with E-state index in [0.717, 1.165) is 29.8 Å². The summed E-state index contributed by atoms with van der Waals surface area (Å²) >= 11 is 0. The minimum atomic E-state index is -0.0757.